The lowest BCUT2D eigenvalue weighted by atomic mass is 9.72. The molecule has 9 heteroatoms. The van der Waals surface area contributed by atoms with Crippen molar-refractivity contribution in [3.8, 4) is 0 Å². The van der Waals surface area contributed by atoms with Crippen LogP contribution in [0.4, 0.5) is 18.9 Å². The van der Waals surface area contributed by atoms with Crippen LogP contribution in [0, 0.1) is 11.7 Å². The maximum atomic E-state index is 15.3. The molecule has 3 fully saturated rings. The highest BCUT2D eigenvalue weighted by Gasteiger charge is 2.41. The summed E-state index contributed by atoms with van der Waals surface area (Å²) in [6, 6.07) is 11.9. The fourth-order valence-electron chi connectivity index (χ4n) is 7.45. The van der Waals surface area contributed by atoms with Gasteiger partial charge in [0.2, 0.25) is 11.8 Å². The molecule has 0 aromatic heterocycles. The first kappa shape index (κ1) is 31.3. The first-order valence-electron chi connectivity index (χ1n) is 15.5. The fraction of sp³-hybridized carbons (Fsp3) is 0.606. The molecule has 1 amide bonds. The lowest BCUT2D eigenvalue weighted by Gasteiger charge is -2.37. The van der Waals surface area contributed by atoms with Crippen LogP contribution in [0.1, 0.15) is 74.8 Å². The van der Waals surface area contributed by atoms with Crippen LogP contribution in [-0.4, -0.2) is 66.4 Å². The van der Waals surface area contributed by atoms with Gasteiger partial charge >= 0.3 is 0 Å². The number of fused-ring (bicyclic) bond motifs is 3. The van der Waals surface area contributed by atoms with E-state index in [0.29, 0.717) is 34.8 Å². The molecule has 5 atom stereocenters. The Labute approximate surface area is 253 Å². The number of hydrogen-bond acceptors (Lipinski definition) is 4. The van der Waals surface area contributed by atoms with Gasteiger partial charge < -0.3 is 20.9 Å². The van der Waals surface area contributed by atoms with Gasteiger partial charge in [-0.3, -0.25) is 4.79 Å². The number of rotatable bonds is 8. The molecule has 2 aromatic carbocycles. The molecule has 230 valence electrons. The summed E-state index contributed by atoms with van der Waals surface area (Å²) in [6.45, 7) is 3.17. The summed E-state index contributed by atoms with van der Waals surface area (Å²) < 4.78 is 43.2. The van der Waals surface area contributed by atoms with Crippen LogP contribution >= 0.6 is 11.6 Å². The number of benzene rings is 2. The predicted octanol–water partition coefficient (Wildman–Crippen LogP) is 6.85. The van der Waals surface area contributed by atoms with E-state index < -0.39 is 23.8 Å². The monoisotopic (exact) mass is 604 g/mol. The van der Waals surface area contributed by atoms with Crippen molar-refractivity contribution in [3.63, 3.8) is 0 Å². The van der Waals surface area contributed by atoms with Crippen molar-refractivity contribution in [1.82, 2.24) is 9.80 Å². The van der Waals surface area contributed by atoms with Gasteiger partial charge in [0, 0.05) is 47.1 Å². The molecule has 2 aromatic rings. The van der Waals surface area contributed by atoms with Gasteiger partial charge in [0.05, 0.1) is 6.04 Å². The van der Waals surface area contributed by atoms with Crippen LogP contribution in [0.3, 0.4) is 0 Å². The Morgan fingerprint density at radius 1 is 1.05 bits per heavy atom. The quantitative estimate of drug-likeness (QED) is 0.346. The zero-order valence-electron chi connectivity index (χ0n) is 24.5. The van der Waals surface area contributed by atoms with E-state index in [1.807, 2.05) is 12.1 Å². The van der Waals surface area contributed by atoms with E-state index in [9.17, 15) is 13.6 Å². The summed E-state index contributed by atoms with van der Waals surface area (Å²) in [5.74, 6) is -4.11. The molecular weight excluding hydrogens is 561 g/mol. The number of amides is 1. The largest absolute Gasteiger partial charge is 0.324 e. The predicted molar refractivity (Wildman–Crippen MR) is 163 cm³/mol. The number of alkyl halides is 2. The van der Waals surface area contributed by atoms with E-state index in [0.717, 1.165) is 38.0 Å². The number of nitrogens with one attached hydrogen (secondary N) is 1. The SMILES string of the molecule is CN1CCC(CCc2c(F)cccc2NC(=O)[C@@H](N)C(c2ccc(Cl)cc2)C2CCC(F)(F)CC2)N2CCCC1CC2. The molecule has 0 radical (unpaired) electrons. The number of carbonyl (C=O) groups excluding carboxylic acids is 1. The first-order chi connectivity index (χ1) is 20.1. The first-order valence-corrected chi connectivity index (χ1v) is 15.9. The van der Waals surface area contributed by atoms with Gasteiger partial charge in [-0.1, -0.05) is 29.8 Å². The van der Waals surface area contributed by atoms with Gasteiger partial charge in [0.1, 0.15) is 5.82 Å². The molecule has 2 saturated heterocycles. The van der Waals surface area contributed by atoms with E-state index in [-0.39, 0.29) is 37.4 Å². The zero-order valence-corrected chi connectivity index (χ0v) is 25.3. The molecular formula is C33H44ClF3N4O. The van der Waals surface area contributed by atoms with Gasteiger partial charge in [0.25, 0.3) is 0 Å². The molecule has 42 heavy (non-hydrogen) atoms. The van der Waals surface area contributed by atoms with Gasteiger partial charge in [-0.15, -0.1) is 0 Å². The average molecular weight is 605 g/mol. The van der Waals surface area contributed by atoms with Crippen molar-refractivity contribution in [3.05, 3.63) is 64.4 Å². The van der Waals surface area contributed by atoms with Crippen molar-refractivity contribution in [2.24, 2.45) is 11.7 Å². The number of nitrogens with zero attached hydrogens (tertiary/aromatic N) is 2. The second kappa shape index (κ2) is 13.7. The van der Waals surface area contributed by atoms with E-state index >= 15 is 4.39 Å². The second-order valence-corrected chi connectivity index (χ2v) is 13.1. The molecule has 4 unspecified atom stereocenters. The highest BCUT2D eigenvalue weighted by Crippen LogP contribution is 2.43. The summed E-state index contributed by atoms with van der Waals surface area (Å²) in [5, 5.41) is 3.48. The number of anilines is 1. The number of carbonyl (C=O) groups is 1. The molecule has 1 aliphatic carbocycles. The molecule has 2 aliphatic heterocycles. The molecule has 2 heterocycles. The lowest BCUT2D eigenvalue weighted by molar-refractivity contribution is -0.118. The molecule has 3 N–H and O–H groups in total. The molecule has 5 nitrogen and oxygen atoms in total. The van der Waals surface area contributed by atoms with Gasteiger partial charge in [-0.25, -0.2) is 13.2 Å². The highest BCUT2D eigenvalue weighted by molar-refractivity contribution is 6.30. The average Bonchev–Trinajstić information content (AvgIpc) is 3.18. The van der Waals surface area contributed by atoms with E-state index in [2.05, 4.69) is 22.2 Å². The van der Waals surface area contributed by atoms with Crippen LogP contribution in [0.25, 0.3) is 0 Å². The van der Waals surface area contributed by atoms with Crippen molar-refractivity contribution >= 4 is 23.2 Å². The fourth-order valence-corrected chi connectivity index (χ4v) is 7.58. The van der Waals surface area contributed by atoms with Crippen molar-refractivity contribution < 1.29 is 18.0 Å². The van der Waals surface area contributed by atoms with Gasteiger partial charge in [0.15, 0.2) is 0 Å². The normalized spacial score (nSPS) is 26.6. The van der Waals surface area contributed by atoms with E-state index in [1.54, 1.807) is 24.3 Å². The summed E-state index contributed by atoms with van der Waals surface area (Å²) >= 11 is 6.11. The number of halogens is 4. The Kier molecular flexibility index (Phi) is 10.2. The minimum Gasteiger partial charge on any atom is -0.324 e. The summed E-state index contributed by atoms with van der Waals surface area (Å²) in [5.41, 5.74) is 8.33. The zero-order chi connectivity index (χ0) is 29.9. The third-order valence-electron chi connectivity index (χ3n) is 10.0. The van der Waals surface area contributed by atoms with Crippen LogP contribution < -0.4 is 11.1 Å². The van der Waals surface area contributed by atoms with Crippen molar-refractivity contribution in [1.29, 1.82) is 0 Å². The Hall–Kier alpha value is -2.13. The summed E-state index contributed by atoms with van der Waals surface area (Å²) in [7, 11) is 2.21. The smallest absolute Gasteiger partial charge is 0.248 e. The van der Waals surface area contributed by atoms with Crippen LogP contribution in [0.5, 0.6) is 0 Å². The topological polar surface area (TPSA) is 61.6 Å². The maximum Gasteiger partial charge on any atom is 0.248 e. The molecule has 1 saturated carbocycles. The summed E-state index contributed by atoms with van der Waals surface area (Å²) in [4.78, 5) is 18.7. The van der Waals surface area contributed by atoms with Gasteiger partial charge in [-0.05, 0) is 114 Å². The van der Waals surface area contributed by atoms with Crippen molar-refractivity contribution in [2.45, 2.75) is 94.2 Å². The molecule has 5 rings (SSSR count). The second-order valence-electron chi connectivity index (χ2n) is 12.6. The number of nitrogens with two attached hydrogens (primary N) is 1. The number of hydrogen-bond donors (Lipinski definition) is 2. The van der Waals surface area contributed by atoms with Crippen molar-refractivity contribution in [2.75, 3.05) is 32.0 Å². The summed E-state index contributed by atoms with van der Waals surface area (Å²) in [6.07, 6.45) is 6.03. The van der Waals surface area contributed by atoms with Crippen LogP contribution in [0.2, 0.25) is 5.02 Å². The maximum absolute atomic E-state index is 15.3. The lowest BCUT2D eigenvalue weighted by Crippen LogP contribution is -2.45. The highest BCUT2D eigenvalue weighted by atomic mass is 35.5. The Morgan fingerprint density at radius 3 is 2.52 bits per heavy atom. The van der Waals surface area contributed by atoms with E-state index in [1.165, 1.54) is 25.3 Å². The third kappa shape index (κ3) is 7.50. The Morgan fingerprint density at radius 2 is 1.79 bits per heavy atom. The Bertz CT molecular complexity index is 1200. The van der Waals surface area contributed by atoms with Crippen LogP contribution in [0.15, 0.2) is 42.5 Å². The standard InChI is InChI=1S/C33H44ClF3N4O/c1-40-20-15-26(41-19-3-4-25(40)16-21-41)11-12-27-28(35)5-2-6-29(27)39-32(42)31(38)30(22-7-9-24(34)10-8-22)23-13-17-33(36,37)18-14-23/h2,5-10,23,25-26,30-31H,3-4,11-21,38H2,1H3,(H,39,42)/t25?,26?,30?,31-/m0/s1. The van der Waals surface area contributed by atoms with Crippen LogP contribution in [-0.2, 0) is 11.2 Å². The third-order valence-corrected chi connectivity index (χ3v) is 10.3. The minimum absolute atomic E-state index is 0.177. The molecule has 2 bridgehead atoms. The minimum atomic E-state index is -2.69. The molecule has 3 aliphatic rings. The molecule has 0 spiro atoms. The van der Waals surface area contributed by atoms with Gasteiger partial charge in [-0.2, -0.15) is 0 Å². The van der Waals surface area contributed by atoms with E-state index in [4.69, 9.17) is 17.3 Å². The Balaban J connectivity index is 1.31.